The molecule has 8 rings (SSSR count). The van der Waals surface area contributed by atoms with Crippen molar-refractivity contribution in [3.8, 4) is 0 Å². The summed E-state index contributed by atoms with van der Waals surface area (Å²) in [6.07, 6.45) is -70.6. The first-order chi connectivity index (χ1) is 42.6. The van der Waals surface area contributed by atoms with Crippen LogP contribution in [0.5, 0.6) is 0 Å². The van der Waals surface area contributed by atoms with Gasteiger partial charge in [-0.3, -0.25) is 0 Å². The molecule has 528 valence electrons. The van der Waals surface area contributed by atoms with Gasteiger partial charge in [-0.25, -0.2) is 0 Å². The largest absolute Gasteiger partial charge is 0.394 e. The summed E-state index contributed by atoms with van der Waals surface area (Å²) in [4.78, 5) is 0. The fraction of sp³-hybridized carbons (Fsp3) is 1.00. The Morgan fingerprint density at radius 1 is 0.167 bits per heavy atom. The Labute approximate surface area is 507 Å². The minimum atomic E-state index is -2.02. The first kappa shape index (κ1) is 75.7. The maximum absolute atomic E-state index is 10.9. The van der Waals surface area contributed by atoms with Crippen LogP contribution in [0.3, 0.4) is 0 Å². The van der Waals surface area contributed by atoms with Gasteiger partial charge in [0.05, 0.1) is 52.9 Å². The van der Waals surface area contributed by atoms with Crippen molar-refractivity contribution < 1.29 is 209 Å². The Morgan fingerprint density at radius 3 is 0.511 bits per heavy atom. The van der Waals surface area contributed by atoms with Crippen LogP contribution < -0.4 is 0 Å². The van der Waals surface area contributed by atoms with E-state index in [1.165, 1.54) is 0 Å². The van der Waals surface area contributed by atoms with Crippen LogP contribution >= 0.6 is 0 Å². The molecular formula is C48H84O42. The van der Waals surface area contributed by atoms with Gasteiger partial charge in [0.25, 0.3) is 0 Å². The van der Waals surface area contributed by atoms with Crippen molar-refractivity contribution in [3.05, 3.63) is 0 Å². The smallest absolute Gasteiger partial charge is 0.187 e. The number of aliphatic hydroxyl groups excluding tert-OH is 28. The SMILES string of the molecule is OCC1O[C@@H](O[C@H]2C(O)C(O)[C@H](O[C@@H]3C(CO)O[C@@H](O[C@H]4C(O)C(O)[C@H](O)O[C@H]4CO)C(O)[C@H]3O)O[C@H]2CO)C(O)[C@@H](O)[C@@H]1O.OCC1O[C@@H](O[C@H]2C(O)C(O)[C@H](O[C@@H]3C(CO)O[C@@H](O[C@H]4C(O)C(O)[C@H](O)O[C@H]4CO)C(O)[C@H]3O)O[C@H]2CO)C(O)[C@@H](O)[C@@H]1O. The molecule has 0 amide bonds. The van der Waals surface area contributed by atoms with Gasteiger partial charge in [-0.15, -0.1) is 0 Å². The van der Waals surface area contributed by atoms with E-state index in [1.807, 2.05) is 0 Å². The predicted molar refractivity (Wildman–Crippen MR) is 268 cm³/mol. The fourth-order valence-electron chi connectivity index (χ4n) is 11.1. The molecule has 90 heavy (non-hydrogen) atoms. The van der Waals surface area contributed by atoms with Crippen LogP contribution in [0.2, 0.25) is 0 Å². The second-order valence-electron chi connectivity index (χ2n) is 22.3. The first-order valence-corrected chi connectivity index (χ1v) is 28.2. The van der Waals surface area contributed by atoms with Crippen molar-refractivity contribution in [3.63, 3.8) is 0 Å². The van der Waals surface area contributed by atoms with E-state index < -0.39 is 299 Å². The molecule has 8 aliphatic rings. The van der Waals surface area contributed by atoms with E-state index >= 15 is 0 Å². The summed E-state index contributed by atoms with van der Waals surface area (Å²) >= 11 is 0. The van der Waals surface area contributed by atoms with Crippen LogP contribution in [-0.4, -0.2) is 441 Å². The van der Waals surface area contributed by atoms with E-state index in [4.69, 9.17) is 66.3 Å². The average Bonchev–Trinajstić information content (AvgIpc) is 0.923. The van der Waals surface area contributed by atoms with Gasteiger partial charge < -0.3 is 209 Å². The summed E-state index contributed by atoms with van der Waals surface area (Å²) in [6.45, 7) is -6.77. The molecule has 8 saturated heterocycles. The number of hydrogen-bond acceptors (Lipinski definition) is 42. The minimum Gasteiger partial charge on any atom is -0.394 e. The molecule has 0 aromatic carbocycles. The fourth-order valence-corrected chi connectivity index (χ4v) is 11.1. The van der Waals surface area contributed by atoms with Gasteiger partial charge in [0.2, 0.25) is 0 Å². The van der Waals surface area contributed by atoms with Gasteiger partial charge in [0.15, 0.2) is 50.3 Å². The van der Waals surface area contributed by atoms with Crippen LogP contribution in [0.25, 0.3) is 0 Å². The van der Waals surface area contributed by atoms with E-state index in [9.17, 15) is 143 Å². The number of hydrogen-bond donors (Lipinski definition) is 28. The number of aliphatic hydroxyl groups is 28. The van der Waals surface area contributed by atoms with E-state index in [1.54, 1.807) is 0 Å². The van der Waals surface area contributed by atoms with Crippen LogP contribution in [-0.2, 0) is 66.3 Å². The summed E-state index contributed by atoms with van der Waals surface area (Å²) in [5.74, 6) is 0. The molecule has 42 nitrogen and oxygen atoms in total. The molecular weight excluding hydrogens is 1250 g/mol. The average molecular weight is 1330 g/mol. The van der Waals surface area contributed by atoms with Gasteiger partial charge >= 0.3 is 0 Å². The Hall–Kier alpha value is -1.68. The first-order valence-electron chi connectivity index (χ1n) is 28.2. The van der Waals surface area contributed by atoms with Gasteiger partial charge in [-0.1, -0.05) is 0 Å². The lowest BCUT2D eigenvalue weighted by molar-refractivity contribution is -0.387. The third kappa shape index (κ3) is 16.0. The van der Waals surface area contributed by atoms with Crippen LogP contribution in [0.15, 0.2) is 0 Å². The van der Waals surface area contributed by atoms with Gasteiger partial charge in [0.1, 0.15) is 195 Å². The molecule has 0 saturated carbocycles. The molecule has 8 heterocycles. The van der Waals surface area contributed by atoms with E-state index in [0.717, 1.165) is 0 Å². The molecule has 0 radical (unpaired) electrons. The minimum absolute atomic E-state index is 0.784. The zero-order chi connectivity index (χ0) is 66.7. The number of rotatable bonds is 20. The van der Waals surface area contributed by atoms with E-state index in [2.05, 4.69) is 0 Å². The summed E-state index contributed by atoms with van der Waals surface area (Å²) in [5, 5.41) is 284. The van der Waals surface area contributed by atoms with Crippen molar-refractivity contribution in [2.75, 3.05) is 52.9 Å². The zero-order valence-corrected chi connectivity index (χ0v) is 47.0. The number of ether oxygens (including phenoxy) is 14. The zero-order valence-electron chi connectivity index (χ0n) is 47.0. The molecule has 0 aromatic rings. The summed E-state index contributed by atoms with van der Waals surface area (Å²) in [5.41, 5.74) is 0. The molecule has 40 atom stereocenters. The molecule has 28 N–H and O–H groups in total. The molecule has 0 aliphatic carbocycles. The van der Waals surface area contributed by atoms with Crippen molar-refractivity contribution >= 4 is 0 Å². The summed E-state index contributed by atoms with van der Waals surface area (Å²) in [6, 6.07) is 0. The monoisotopic (exact) mass is 1330 g/mol. The Kier molecular flexibility index (Phi) is 27.8. The molecule has 16 unspecified atom stereocenters. The van der Waals surface area contributed by atoms with Gasteiger partial charge in [0, 0.05) is 0 Å². The second kappa shape index (κ2) is 33.0. The van der Waals surface area contributed by atoms with Crippen molar-refractivity contribution in [1.82, 2.24) is 0 Å². The van der Waals surface area contributed by atoms with Crippen LogP contribution in [0, 0.1) is 0 Å². The maximum Gasteiger partial charge on any atom is 0.187 e. The third-order valence-corrected chi connectivity index (χ3v) is 16.4. The predicted octanol–water partition coefficient (Wildman–Crippen LogP) is -19.5. The van der Waals surface area contributed by atoms with Crippen molar-refractivity contribution in [1.29, 1.82) is 0 Å². The lowest BCUT2D eigenvalue weighted by Crippen LogP contribution is -2.67. The molecule has 0 bridgehead atoms. The quantitative estimate of drug-likeness (QED) is 0.0538. The molecule has 0 aromatic heterocycles. The lowest BCUT2D eigenvalue weighted by atomic mass is 9.95. The highest BCUT2D eigenvalue weighted by atomic mass is 16.8. The van der Waals surface area contributed by atoms with Crippen molar-refractivity contribution in [2.24, 2.45) is 0 Å². The molecule has 8 aliphatic heterocycles. The standard InChI is InChI=1S/2C24H42O21/c2*25-1-5-9(29)10(30)15(35)22(40-5)44-19-7(3-27)42-24(17(37)12(19)32)45-20-8(4-28)41-23(16(36)13(20)33)43-18-6(2-26)39-21(38)14(34)11(18)31/h2*5-38H,1-4H2/t2*5?,6-,7-,8?,9+,10-,11?,12?,13+,14?,15?,16?,17?,18+,19+,20+,21+,22-,23-,24-/m00/s1. The lowest BCUT2D eigenvalue weighted by Gasteiger charge is -2.49. The topological polar surface area (TPSA) is 696 Å². The molecule has 0 spiro atoms. The summed E-state index contributed by atoms with van der Waals surface area (Å²) < 4.78 is 75.4. The summed E-state index contributed by atoms with van der Waals surface area (Å²) in [7, 11) is 0. The maximum atomic E-state index is 10.9. The third-order valence-electron chi connectivity index (χ3n) is 16.4. The van der Waals surface area contributed by atoms with Gasteiger partial charge in [-0.05, 0) is 0 Å². The van der Waals surface area contributed by atoms with Crippen LogP contribution in [0.4, 0.5) is 0 Å². The molecule has 42 heteroatoms. The Bertz CT molecular complexity index is 1960. The second-order valence-corrected chi connectivity index (χ2v) is 22.3. The van der Waals surface area contributed by atoms with E-state index in [0.29, 0.717) is 0 Å². The Balaban J connectivity index is 0.000000256. The highest BCUT2D eigenvalue weighted by molar-refractivity contribution is 5.01. The highest BCUT2D eigenvalue weighted by Gasteiger charge is 2.58. The van der Waals surface area contributed by atoms with Gasteiger partial charge in [-0.2, -0.15) is 0 Å². The Morgan fingerprint density at radius 2 is 0.322 bits per heavy atom. The normalized spacial score (nSPS) is 52.9. The molecule has 8 fully saturated rings. The van der Waals surface area contributed by atoms with Crippen molar-refractivity contribution in [2.45, 2.75) is 246 Å². The van der Waals surface area contributed by atoms with E-state index in [-0.39, 0.29) is 0 Å². The van der Waals surface area contributed by atoms with Crippen LogP contribution in [0.1, 0.15) is 0 Å². The highest BCUT2D eigenvalue weighted by Crippen LogP contribution is 2.37.